The highest BCUT2D eigenvalue weighted by atomic mass is 127. The summed E-state index contributed by atoms with van der Waals surface area (Å²) >= 11 is 0. The molecule has 0 radical (unpaired) electrons. The Morgan fingerprint density at radius 2 is 2.00 bits per heavy atom. The topological polar surface area (TPSA) is 30.9 Å². The number of nitrogens with one attached hydrogen (secondary N) is 1. The van der Waals surface area contributed by atoms with Crippen LogP contribution in [0, 0.1) is 5.82 Å². The average molecular weight is 474 g/mol. The Labute approximate surface area is 174 Å². The molecule has 1 atom stereocenters. The molecule has 1 aromatic rings. The molecular formula is C20H32FIN4. The number of guanidine groups is 1. The summed E-state index contributed by atoms with van der Waals surface area (Å²) in [5.41, 5.74) is 0.791. The smallest absolute Gasteiger partial charge is 0.193 e. The summed E-state index contributed by atoms with van der Waals surface area (Å²) in [6, 6.07) is 7.80. The Bertz CT molecular complexity index is 614. The predicted molar refractivity (Wildman–Crippen MR) is 117 cm³/mol. The molecule has 3 rings (SSSR count). The number of aliphatic imine (C=N–C) groups is 1. The highest BCUT2D eigenvalue weighted by Gasteiger charge is 2.46. The molecule has 0 bridgehead atoms. The van der Waals surface area contributed by atoms with E-state index in [1.165, 1.54) is 6.42 Å². The second kappa shape index (κ2) is 9.35. The van der Waals surface area contributed by atoms with Crippen LogP contribution in [0.1, 0.15) is 38.7 Å². The van der Waals surface area contributed by atoms with Crippen LogP contribution in [0.2, 0.25) is 0 Å². The summed E-state index contributed by atoms with van der Waals surface area (Å²) in [5, 5.41) is 3.53. The number of nitrogens with zero attached hydrogens (tertiary/aromatic N) is 3. The molecule has 4 nitrogen and oxygen atoms in total. The van der Waals surface area contributed by atoms with Crippen LogP contribution in [0.3, 0.4) is 0 Å². The van der Waals surface area contributed by atoms with Gasteiger partial charge < -0.3 is 10.2 Å². The van der Waals surface area contributed by atoms with E-state index < -0.39 is 0 Å². The fraction of sp³-hybridized carbons (Fsp3) is 0.650. The molecule has 1 aliphatic heterocycles. The Morgan fingerprint density at radius 3 is 2.58 bits per heavy atom. The zero-order valence-electron chi connectivity index (χ0n) is 16.2. The molecular weight excluding hydrogens is 442 g/mol. The molecule has 0 aromatic heterocycles. The Morgan fingerprint density at radius 1 is 1.31 bits per heavy atom. The van der Waals surface area contributed by atoms with Crippen molar-refractivity contribution in [3.05, 3.63) is 35.6 Å². The third-order valence-electron chi connectivity index (χ3n) is 5.89. The molecule has 0 amide bonds. The van der Waals surface area contributed by atoms with Gasteiger partial charge in [0, 0.05) is 38.1 Å². The van der Waals surface area contributed by atoms with Crippen LogP contribution in [0.5, 0.6) is 0 Å². The highest BCUT2D eigenvalue weighted by molar-refractivity contribution is 14.0. The molecule has 2 fully saturated rings. The molecule has 6 heteroatoms. The van der Waals surface area contributed by atoms with Crippen molar-refractivity contribution in [3.63, 3.8) is 0 Å². The van der Waals surface area contributed by atoms with Crippen LogP contribution in [0.25, 0.3) is 0 Å². The van der Waals surface area contributed by atoms with Crippen molar-refractivity contribution >= 4 is 29.9 Å². The van der Waals surface area contributed by atoms with Crippen LogP contribution in [-0.2, 0) is 5.41 Å². The summed E-state index contributed by atoms with van der Waals surface area (Å²) in [4.78, 5) is 9.35. The second-order valence-corrected chi connectivity index (χ2v) is 7.27. The maximum atomic E-state index is 14.2. The molecule has 1 N–H and O–H groups in total. The van der Waals surface area contributed by atoms with Crippen LogP contribution in [-0.4, -0.2) is 61.6 Å². The number of likely N-dealkylation sites (tertiary alicyclic amines) is 1. The maximum Gasteiger partial charge on any atom is 0.193 e. The molecule has 1 unspecified atom stereocenters. The van der Waals surface area contributed by atoms with Crippen molar-refractivity contribution in [3.8, 4) is 0 Å². The van der Waals surface area contributed by atoms with Crippen molar-refractivity contribution < 1.29 is 4.39 Å². The van der Waals surface area contributed by atoms with E-state index in [0.29, 0.717) is 6.04 Å². The summed E-state index contributed by atoms with van der Waals surface area (Å²) in [6.07, 6.45) is 3.26. The third-order valence-corrected chi connectivity index (χ3v) is 5.89. The molecule has 1 saturated heterocycles. The van der Waals surface area contributed by atoms with Gasteiger partial charge in [0.25, 0.3) is 0 Å². The monoisotopic (exact) mass is 474 g/mol. The Hall–Kier alpha value is -0.890. The van der Waals surface area contributed by atoms with Crippen molar-refractivity contribution in [1.82, 2.24) is 15.1 Å². The minimum atomic E-state index is -0.0837. The van der Waals surface area contributed by atoms with Gasteiger partial charge in [0.2, 0.25) is 0 Å². The quantitative estimate of drug-likeness (QED) is 0.389. The summed E-state index contributed by atoms with van der Waals surface area (Å²) in [6.45, 7) is 9.46. The minimum absolute atomic E-state index is 0. The van der Waals surface area contributed by atoms with Gasteiger partial charge in [-0.15, -0.1) is 24.0 Å². The van der Waals surface area contributed by atoms with Crippen LogP contribution in [0.4, 0.5) is 4.39 Å². The number of likely N-dealkylation sites (N-methyl/N-ethyl adjacent to an activating group) is 1. The first-order valence-electron chi connectivity index (χ1n) is 9.58. The summed E-state index contributed by atoms with van der Waals surface area (Å²) < 4.78 is 14.2. The van der Waals surface area contributed by atoms with E-state index in [2.05, 4.69) is 34.0 Å². The van der Waals surface area contributed by atoms with E-state index in [1.807, 2.05) is 19.2 Å². The lowest BCUT2D eigenvalue weighted by Gasteiger charge is -2.28. The van der Waals surface area contributed by atoms with Crippen LogP contribution >= 0.6 is 24.0 Å². The SMILES string of the molecule is CCN(CC)C1CCN(C(=NC)NCC2(c3ccccc3F)CC2)C1.I. The normalized spacial score (nSPS) is 21.7. The largest absolute Gasteiger partial charge is 0.355 e. The minimum Gasteiger partial charge on any atom is -0.355 e. The lowest BCUT2D eigenvalue weighted by atomic mass is 9.95. The van der Waals surface area contributed by atoms with E-state index in [0.717, 1.165) is 57.1 Å². The highest BCUT2D eigenvalue weighted by Crippen LogP contribution is 2.48. The van der Waals surface area contributed by atoms with E-state index in [9.17, 15) is 4.39 Å². The fourth-order valence-corrected chi connectivity index (χ4v) is 4.14. The average Bonchev–Trinajstić information content (AvgIpc) is 3.26. The van der Waals surface area contributed by atoms with E-state index in [1.54, 1.807) is 12.1 Å². The molecule has 1 aromatic carbocycles. The van der Waals surface area contributed by atoms with Crippen LogP contribution in [0.15, 0.2) is 29.3 Å². The van der Waals surface area contributed by atoms with Gasteiger partial charge in [-0.25, -0.2) is 4.39 Å². The van der Waals surface area contributed by atoms with Crippen molar-refractivity contribution in [1.29, 1.82) is 0 Å². The zero-order chi connectivity index (χ0) is 17.9. The van der Waals surface area contributed by atoms with Gasteiger partial charge in [-0.2, -0.15) is 0 Å². The Balaban J connectivity index is 0.00000243. The lowest BCUT2D eigenvalue weighted by molar-refractivity contribution is 0.223. The van der Waals surface area contributed by atoms with Crippen molar-refractivity contribution in [2.75, 3.05) is 39.8 Å². The molecule has 26 heavy (non-hydrogen) atoms. The van der Waals surface area contributed by atoms with Crippen molar-refractivity contribution in [2.45, 2.75) is 44.6 Å². The van der Waals surface area contributed by atoms with Gasteiger partial charge in [0.05, 0.1) is 0 Å². The predicted octanol–water partition coefficient (Wildman–Crippen LogP) is 3.47. The van der Waals surface area contributed by atoms with Gasteiger partial charge in [0.15, 0.2) is 5.96 Å². The van der Waals surface area contributed by atoms with Crippen LogP contribution < -0.4 is 5.32 Å². The maximum absolute atomic E-state index is 14.2. The number of hydrogen-bond donors (Lipinski definition) is 1. The van der Waals surface area contributed by atoms with E-state index >= 15 is 0 Å². The van der Waals surface area contributed by atoms with Crippen molar-refractivity contribution in [2.24, 2.45) is 4.99 Å². The molecule has 0 spiro atoms. The fourth-order valence-electron chi connectivity index (χ4n) is 4.14. The number of halogens is 2. The molecule has 1 aliphatic carbocycles. The lowest BCUT2D eigenvalue weighted by Crippen LogP contribution is -2.45. The van der Waals surface area contributed by atoms with Gasteiger partial charge in [0.1, 0.15) is 5.82 Å². The molecule has 2 aliphatic rings. The van der Waals surface area contributed by atoms with Gasteiger partial charge in [-0.1, -0.05) is 32.0 Å². The molecule has 1 heterocycles. The van der Waals surface area contributed by atoms with Gasteiger partial charge in [-0.3, -0.25) is 9.89 Å². The number of rotatable bonds is 6. The molecule has 1 saturated carbocycles. The van der Waals surface area contributed by atoms with Gasteiger partial charge in [-0.05, 0) is 44.0 Å². The molecule has 146 valence electrons. The van der Waals surface area contributed by atoms with Gasteiger partial charge >= 0.3 is 0 Å². The van der Waals surface area contributed by atoms with E-state index in [-0.39, 0.29) is 35.2 Å². The standard InChI is InChI=1S/C20H31FN4.HI/c1-4-24(5-2)16-10-13-25(14-16)19(22-3)23-15-20(11-12-20)17-8-6-7-9-18(17)21;/h6-9,16H,4-5,10-15H2,1-3H3,(H,22,23);1H. The summed E-state index contributed by atoms with van der Waals surface area (Å²) in [7, 11) is 1.84. The first-order valence-corrected chi connectivity index (χ1v) is 9.58. The van der Waals surface area contributed by atoms with E-state index in [4.69, 9.17) is 0 Å². The second-order valence-electron chi connectivity index (χ2n) is 7.27. The third kappa shape index (κ3) is 4.50. The Kier molecular flexibility index (Phi) is 7.70. The first-order chi connectivity index (χ1) is 12.1. The number of hydrogen-bond acceptors (Lipinski definition) is 2. The first kappa shape index (κ1) is 21.4. The number of benzene rings is 1. The zero-order valence-corrected chi connectivity index (χ0v) is 18.5. The summed E-state index contributed by atoms with van der Waals surface area (Å²) in [5.74, 6) is 0.872.